The molecule has 5 aromatic carbocycles. The number of allylic oxidation sites excluding steroid dienone is 1. The van der Waals surface area contributed by atoms with Crippen molar-refractivity contribution in [3.8, 4) is 11.5 Å². The zero-order valence-electron chi connectivity index (χ0n) is 40.0. The number of ether oxygens (including phenoxy) is 5. The van der Waals surface area contributed by atoms with E-state index in [1.54, 1.807) is 20.3 Å². The van der Waals surface area contributed by atoms with Crippen molar-refractivity contribution in [2.24, 2.45) is 17.8 Å². The van der Waals surface area contributed by atoms with Crippen LogP contribution in [0.4, 0.5) is 5.69 Å². The van der Waals surface area contributed by atoms with Crippen LogP contribution in [0.15, 0.2) is 27.3 Å². The molecule has 8 rings (SSSR count). The third-order valence-electron chi connectivity index (χ3n) is 15.0. The first kappa shape index (κ1) is 49.3. The number of fused-ring (bicyclic) bond motifs is 1. The first-order chi connectivity index (χ1) is 32.9. The minimum atomic E-state index is -0.968. The Labute approximate surface area is 395 Å². The number of ketones is 3. The van der Waals surface area contributed by atoms with E-state index in [4.69, 9.17) is 23.7 Å². The number of hydrogen-bond acceptors (Lipinski definition) is 14. The maximum atomic E-state index is 16.0. The number of Topliss-reactive ketones (excluding diaryl/α,β-unsaturated/α-hetero) is 3. The van der Waals surface area contributed by atoms with Gasteiger partial charge in [0.1, 0.15) is 17.3 Å². The van der Waals surface area contributed by atoms with E-state index >= 15 is 4.79 Å². The van der Waals surface area contributed by atoms with Crippen LogP contribution in [-0.2, 0) is 53.0 Å². The van der Waals surface area contributed by atoms with Gasteiger partial charge in [-0.1, -0.05) is 24.5 Å². The Morgan fingerprint density at radius 3 is 1.93 bits per heavy atom. The van der Waals surface area contributed by atoms with Crippen LogP contribution in [0.3, 0.4) is 0 Å². The van der Waals surface area contributed by atoms with Gasteiger partial charge >= 0.3 is 0 Å². The van der Waals surface area contributed by atoms with Crippen molar-refractivity contribution in [3.05, 3.63) is 66.0 Å². The molecule has 5 unspecified atom stereocenters. The Balaban J connectivity index is 1.39. The largest absolute Gasteiger partial charge is 0.504 e. The molecule has 14 heteroatoms. The highest BCUT2D eigenvalue weighted by atomic mass is 16.5. The van der Waals surface area contributed by atoms with Crippen molar-refractivity contribution in [2.75, 3.05) is 66.3 Å². The molecule has 5 aromatic rings. The van der Waals surface area contributed by atoms with Crippen LogP contribution in [0.5, 0.6) is 11.5 Å². The summed E-state index contributed by atoms with van der Waals surface area (Å²) in [6.45, 7) is 4.87. The minimum Gasteiger partial charge on any atom is -0.504 e. The molecule has 3 aliphatic rings. The molecule has 5 atom stereocenters. The van der Waals surface area contributed by atoms with Crippen LogP contribution in [0.1, 0.15) is 112 Å². The number of aliphatic hydroxyl groups is 2. The number of anilines is 1. The summed E-state index contributed by atoms with van der Waals surface area (Å²) in [5, 5.41) is 41.0. The highest BCUT2D eigenvalue weighted by Gasteiger charge is 2.40. The van der Waals surface area contributed by atoms with Crippen LogP contribution < -0.4 is 20.9 Å². The lowest BCUT2D eigenvalue weighted by atomic mass is 9.77. The Morgan fingerprint density at radius 1 is 0.706 bits per heavy atom. The summed E-state index contributed by atoms with van der Waals surface area (Å²) >= 11 is 0. The number of benzene rings is 5. The molecule has 3 aliphatic carbocycles. The lowest BCUT2D eigenvalue weighted by molar-refractivity contribution is -0.124. The molecular formula is C54H65NO13. The van der Waals surface area contributed by atoms with E-state index < -0.39 is 30.3 Å². The van der Waals surface area contributed by atoms with Gasteiger partial charge in [0.05, 0.1) is 63.4 Å². The maximum absolute atomic E-state index is 16.0. The number of nitrogens with one attached hydrogen (secondary N) is 1. The molecule has 2 fully saturated rings. The quantitative estimate of drug-likeness (QED) is 0.0274. The normalized spacial score (nSPS) is 20.3. The first-order valence-corrected chi connectivity index (χ1v) is 24.2. The second-order valence-electron chi connectivity index (χ2n) is 19.0. The summed E-state index contributed by atoms with van der Waals surface area (Å²) in [6, 6.07) is 2.68. The molecule has 0 heterocycles. The number of aliphatic hydroxyl groups excluding tert-OH is 2. The number of phenolic OH excluding ortho intramolecular Hbond substituents is 1. The van der Waals surface area contributed by atoms with E-state index in [0.29, 0.717) is 156 Å². The van der Waals surface area contributed by atoms with Gasteiger partial charge in [-0.2, -0.15) is 0 Å². The molecule has 0 saturated heterocycles. The number of rotatable bonds is 24. The standard InChI is InChI=1S/C54H65NO13/c1-28-22-35-36(23-30-10-6-11-33(30)39(59)14-8-16-67-20-18-64-3)52(62)46-38(55-37-13-7-12-34(37)40(60)15-9-17-68-21-19-65-4)24-31(26-56)43-44-32(27-57)25-41(61)47-49(44)50(45(35)48(43)46)51(42(28)29(2)58)54(66-5)53(47)63/h22,24-25,30,33-34,37,42,55-57,63H,6-21,23,26-27H2,1-5H3. The van der Waals surface area contributed by atoms with E-state index in [2.05, 4.69) is 5.32 Å². The minimum absolute atomic E-state index is 0.0434. The van der Waals surface area contributed by atoms with Crippen molar-refractivity contribution in [1.82, 2.24) is 0 Å². The van der Waals surface area contributed by atoms with Crippen molar-refractivity contribution in [2.45, 2.75) is 110 Å². The first-order valence-electron chi connectivity index (χ1n) is 24.2. The van der Waals surface area contributed by atoms with E-state index in [0.717, 1.165) is 19.3 Å². The molecule has 0 spiro atoms. The van der Waals surface area contributed by atoms with Crippen LogP contribution in [-0.4, -0.2) is 99.7 Å². The summed E-state index contributed by atoms with van der Waals surface area (Å²) in [7, 11) is 4.59. The van der Waals surface area contributed by atoms with Gasteiger partial charge in [-0.3, -0.25) is 24.0 Å². The number of aromatic hydroxyl groups is 1. The van der Waals surface area contributed by atoms with Gasteiger partial charge in [0.15, 0.2) is 22.4 Å². The molecule has 2 saturated carbocycles. The SMILES string of the molecule is COCCOCCCC(=O)C1CCCC1Cc1c2c3c4c(c(OC)c(O)c5c(=O)cc(CO)c(c6c(CO)cc(NC7CCCC7C(=O)CCCOCCOC)c(c1=O)c63)c54)C(C(C)=O)C(C)=C2. The topological polar surface area (TPSA) is 204 Å². The fourth-order valence-electron chi connectivity index (χ4n) is 12.1. The van der Waals surface area contributed by atoms with Gasteiger partial charge in [0.25, 0.3) is 0 Å². The zero-order chi connectivity index (χ0) is 48.4. The summed E-state index contributed by atoms with van der Waals surface area (Å²) in [4.78, 5) is 72.2. The van der Waals surface area contributed by atoms with E-state index in [1.807, 2.05) is 13.0 Å². The van der Waals surface area contributed by atoms with Crippen LogP contribution in [0.2, 0.25) is 0 Å². The number of phenols is 1. The second-order valence-corrected chi connectivity index (χ2v) is 19.0. The van der Waals surface area contributed by atoms with Crippen LogP contribution in [0.25, 0.3) is 49.2 Å². The Morgan fingerprint density at radius 2 is 1.31 bits per heavy atom. The molecule has 68 heavy (non-hydrogen) atoms. The lowest BCUT2D eigenvalue weighted by Crippen LogP contribution is -2.31. The molecule has 4 N–H and O–H groups in total. The third kappa shape index (κ3) is 8.88. The summed E-state index contributed by atoms with van der Waals surface area (Å²) in [5.74, 6) is -2.29. The lowest BCUT2D eigenvalue weighted by Gasteiger charge is -2.28. The summed E-state index contributed by atoms with van der Waals surface area (Å²) < 4.78 is 27.4. The van der Waals surface area contributed by atoms with Crippen LogP contribution >= 0.6 is 0 Å². The molecule has 0 radical (unpaired) electrons. The average Bonchev–Trinajstić information content (AvgIpc) is 3.97. The van der Waals surface area contributed by atoms with Crippen molar-refractivity contribution >= 4 is 72.2 Å². The van der Waals surface area contributed by atoms with Gasteiger partial charge in [0, 0.05) is 85.7 Å². The number of methoxy groups -OCH3 is 3. The molecule has 0 aromatic heterocycles. The average molecular weight is 936 g/mol. The highest BCUT2D eigenvalue weighted by Crippen LogP contribution is 2.56. The van der Waals surface area contributed by atoms with E-state index in [9.17, 15) is 34.5 Å². The Hall–Kier alpha value is -5.09. The van der Waals surface area contributed by atoms with Gasteiger partial charge < -0.3 is 44.3 Å². The number of carbonyl (C=O) groups excluding carboxylic acids is 3. The molecule has 0 amide bonds. The van der Waals surface area contributed by atoms with Crippen molar-refractivity contribution in [3.63, 3.8) is 0 Å². The smallest absolute Gasteiger partial charge is 0.192 e. The van der Waals surface area contributed by atoms with Gasteiger partial charge in [0.2, 0.25) is 0 Å². The Kier molecular flexibility index (Phi) is 15.4. The fraction of sp³-hybridized carbons (Fsp3) is 0.537. The molecule has 14 nitrogen and oxygen atoms in total. The van der Waals surface area contributed by atoms with E-state index in [-0.39, 0.29) is 69.7 Å². The number of carbonyl (C=O) groups is 3. The molecule has 364 valence electrons. The fourth-order valence-corrected chi connectivity index (χ4v) is 12.1. The highest BCUT2D eigenvalue weighted by molar-refractivity contribution is 6.39. The number of hydrogen-bond donors (Lipinski definition) is 4. The van der Waals surface area contributed by atoms with Crippen molar-refractivity contribution in [1.29, 1.82) is 0 Å². The molecular weight excluding hydrogens is 871 g/mol. The maximum Gasteiger partial charge on any atom is 0.192 e. The monoisotopic (exact) mass is 935 g/mol. The van der Waals surface area contributed by atoms with E-state index in [1.165, 1.54) is 20.1 Å². The van der Waals surface area contributed by atoms with Crippen LogP contribution in [0, 0.1) is 17.8 Å². The third-order valence-corrected chi connectivity index (χ3v) is 15.0. The molecule has 0 bridgehead atoms. The Bertz CT molecular complexity index is 2870. The summed E-state index contributed by atoms with van der Waals surface area (Å²) in [6.07, 6.45) is 8.27. The zero-order valence-corrected chi connectivity index (χ0v) is 40.0. The predicted molar refractivity (Wildman–Crippen MR) is 262 cm³/mol. The van der Waals surface area contributed by atoms with Gasteiger partial charge in [-0.15, -0.1) is 0 Å². The predicted octanol–water partition coefficient (Wildman–Crippen LogP) is 7.25. The van der Waals surface area contributed by atoms with Crippen molar-refractivity contribution < 1.29 is 53.4 Å². The molecule has 0 aliphatic heterocycles. The van der Waals surface area contributed by atoms with Gasteiger partial charge in [-0.05, 0) is 115 Å². The summed E-state index contributed by atoms with van der Waals surface area (Å²) in [5.41, 5.74) is 2.14. The second kappa shape index (κ2) is 21.3. The van der Waals surface area contributed by atoms with Gasteiger partial charge in [-0.25, -0.2) is 0 Å².